The van der Waals surface area contributed by atoms with Gasteiger partial charge in [0.1, 0.15) is 30.5 Å². The molecule has 0 spiro atoms. The molecule has 0 aromatic carbocycles. The number of ether oxygens (including phenoxy) is 4. The summed E-state index contributed by atoms with van der Waals surface area (Å²) in [6.07, 6.45) is 34.5. The van der Waals surface area contributed by atoms with Gasteiger partial charge in [0.15, 0.2) is 6.29 Å². The zero-order valence-electron chi connectivity index (χ0n) is 36.0. The van der Waals surface area contributed by atoms with Crippen molar-refractivity contribution in [2.45, 2.75) is 263 Å². The Morgan fingerprint density at radius 1 is 0.509 bits per heavy atom. The lowest BCUT2D eigenvalue weighted by atomic mass is 9.99. The Morgan fingerprint density at radius 3 is 1.29 bits per heavy atom. The molecule has 1 saturated heterocycles. The van der Waals surface area contributed by atoms with Crippen molar-refractivity contribution >= 4 is 5.97 Å². The maximum absolute atomic E-state index is 12.7. The molecule has 0 aromatic heterocycles. The van der Waals surface area contributed by atoms with E-state index in [2.05, 4.69) is 13.8 Å². The number of aliphatic hydroxyl groups excluding tert-OH is 4. The number of carbonyl (C=O) groups excluding carboxylic acids is 1. The summed E-state index contributed by atoms with van der Waals surface area (Å²) >= 11 is 0. The molecular formula is C46H90O9. The molecule has 55 heavy (non-hydrogen) atoms. The van der Waals surface area contributed by atoms with E-state index in [1.54, 1.807) is 0 Å². The first-order valence-corrected chi connectivity index (χ1v) is 23.6. The monoisotopic (exact) mass is 787 g/mol. The van der Waals surface area contributed by atoms with Crippen LogP contribution in [0.1, 0.15) is 226 Å². The number of aliphatic hydroxyl groups is 4. The Kier molecular flexibility index (Phi) is 36.7. The quantitative estimate of drug-likeness (QED) is 0.0353. The SMILES string of the molecule is CCCCCCCCCCCCCCCCCCCCCCCCCCOCC(COC1OC(CO)C(O)C(O)C1O)OC(=O)CCCCCCCCCC. The summed E-state index contributed by atoms with van der Waals surface area (Å²) in [7, 11) is 0. The van der Waals surface area contributed by atoms with Gasteiger partial charge in [0.25, 0.3) is 0 Å². The summed E-state index contributed by atoms with van der Waals surface area (Å²) in [5.74, 6) is -0.313. The van der Waals surface area contributed by atoms with E-state index in [1.165, 1.54) is 173 Å². The zero-order valence-corrected chi connectivity index (χ0v) is 36.0. The Bertz CT molecular complexity index is 812. The number of carbonyl (C=O) groups is 1. The van der Waals surface area contributed by atoms with Crippen LogP contribution in [0.4, 0.5) is 0 Å². The van der Waals surface area contributed by atoms with Gasteiger partial charge in [-0.1, -0.05) is 206 Å². The Hall–Kier alpha value is -0.810. The molecule has 328 valence electrons. The van der Waals surface area contributed by atoms with Crippen molar-refractivity contribution in [3.05, 3.63) is 0 Å². The summed E-state index contributed by atoms with van der Waals surface area (Å²) in [6, 6.07) is 0. The molecule has 1 heterocycles. The second kappa shape index (κ2) is 38.7. The highest BCUT2D eigenvalue weighted by Gasteiger charge is 2.44. The minimum atomic E-state index is -1.53. The molecule has 4 N–H and O–H groups in total. The van der Waals surface area contributed by atoms with Gasteiger partial charge in [0.05, 0.1) is 19.8 Å². The summed E-state index contributed by atoms with van der Waals surface area (Å²) < 4.78 is 22.8. The molecule has 9 heteroatoms. The van der Waals surface area contributed by atoms with Crippen molar-refractivity contribution in [2.75, 3.05) is 26.4 Å². The minimum Gasteiger partial charge on any atom is -0.457 e. The topological polar surface area (TPSA) is 135 Å². The zero-order chi connectivity index (χ0) is 40.0. The average molecular weight is 787 g/mol. The first kappa shape index (κ1) is 52.2. The van der Waals surface area contributed by atoms with Gasteiger partial charge >= 0.3 is 5.97 Å². The van der Waals surface area contributed by atoms with E-state index in [0.717, 1.165) is 32.1 Å². The van der Waals surface area contributed by atoms with E-state index in [0.29, 0.717) is 13.0 Å². The second-order valence-corrected chi connectivity index (χ2v) is 16.6. The van der Waals surface area contributed by atoms with Crippen LogP contribution in [0.5, 0.6) is 0 Å². The largest absolute Gasteiger partial charge is 0.457 e. The molecule has 1 rings (SSSR count). The first-order valence-electron chi connectivity index (χ1n) is 23.6. The van der Waals surface area contributed by atoms with Gasteiger partial charge < -0.3 is 39.4 Å². The molecule has 1 aliphatic heterocycles. The van der Waals surface area contributed by atoms with E-state index < -0.39 is 43.4 Å². The second-order valence-electron chi connectivity index (χ2n) is 16.6. The fraction of sp³-hybridized carbons (Fsp3) is 0.978. The molecule has 0 radical (unpaired) electrons. The van der Waals surface area contributed by atoms with Crippen molar-refractivity contribution in [1.82, 2.24) is 0 Å². The van der Waals surface area contributed by atoms with Gasteiger partial charge in [0, 0.05) is 13.0 Å². The molecule has 0 amide bonds. The fourth-order valence-electron chi connectivity index (χ4n) is 7.55. The predicted molar refractivity (Wildman–Crippen MR) is 224 cm³/mol. The highest BCUT2D eigenvalue weighted by Crippen LogP contribution is 2.23. The van der Waals surface area contributed by atoms with Crippen molar-refractivity contribution in [1.29, 1.82) is 0 Å². The highest BCUT2D eigenvalue weighted by molar-refractivity contribution is 5.69. The lowest BCUT2D eigenvalue weighted by Gasteiger charge is -2.39. The Labute approximate surface area is 338 Å². The molecule has 6 atom stereocenters. The number of hydrogen-bond donors (Lipinski definition) is 4. The number of esters is 1. The van der Waals surface area contributed by atoms with Gasteiger partial charge in [-0.05, 0) is 12.8 Å². The smallest absolute Gasteiger partial charge is 0.306 e. The molecule has 0 bridgehead atoms. The fourth-order valence-corrected chi connectivity index (χ4v) is 7.55. The standard InChI is InChI=1S/C46H90O9/c1-3-5-7-9-11-13-14-15-16-17-18-19-20-21-22-23-24-25-26-27-28-30-32-34-36-52-38-40(54-42(48)35-33-31-29-12-10-8-6-4-2)39-53-46-45(51)44(50)43(49)41(37-47)55-46/h40-41,43-47,49-51H,3-39H2,1-2H3. The Balaban J connectivity index is 2.10. The van der Waals surface area contributed by atoms with Gasteiger partial charge in [-0.3, -0.25) is 4.79 Å². The molecule has 0 aromatic rings. The van der Waals surface area contributed by atoms with Gasteiger partial charge in [-0.2, -0.15) is 0 Å². The predicted octanol–water partition coefficient (Wildman–Crippen LogP) is 10.6. The highest BCUT2D eigenvalue weighted by atomic mass is 16.7. The van der Waals surface area contributed by atoms with Crippen LogP contribution < -0.4 is 0 Å². The number of unbranched alkanes of at least 4 members (excludes halogenated alkanes) is 30. The molecule has 0 saturated carbocycles. The third-order valence-corrected chi connectivity index (χ3v) is 11.3. The van der Waals surface area contributed by atoms with Crippen LogP contribution in [0.3, 0.4) is 0 Å². The van der Waals surface area contributed by atoms with Crippen molar-refractivity contribution in [3.8, 4) is 0 Å². The lowest BCUT2D eigenvalue weighted by Crippen LogP contribution is -2.59. The van der Waals surface area contributed by atoms with Crippen LogP contribution in [-0.4, -0.2) is 89.6 Å². The third-order valence-electron chi connectivity index (χ3n) is 11.3. The van der Waals surface area contributed by atoms with Crippen molar-refractivity contribution in [2.24, 2.45) is 0 Å². The normalized spacial score (nSPS) is 20.6. The maximum Gasteiger partial charge on any atom is 0.306 e. The van der Waals surface area contributed by atoms with E-state index in [1.807, 2.05) is 0 Å². The number of rotatable bonds is 41. The van der Waals surface area contributed by atoms with Gasteiger partial charge in [0.2, 0.25) is 0 Å². The van der Waals surface area contributed by atoms with Crippen LogP contribution in [0, 0.1) is 0 Å². The average Bonchev–Trinajstić information content (AvgIpc) is 3.18. The third kappa shape index (κ3) is 30.0. The van der Waals surface area contributed by atoms with Gasteiger partial charge in [-0.25, -0.2) is 0 Å². The first-order chi connectivity index (χ1) is 26.9. The van der Waals surface area contributed by atoms with Crippen LogP contribution in [0.15, 0.2) is 0 Å². The van der Waals surface area contributed by atoms with Crippen LogP contribution in [0.25, 0.3) is 0 Å². The summed E-state index contributed by atoms with van der Waals surface area (Å²) in [5.41, 5.74) is 0. The lowest BCUT2D eigenvalue weighted by molar-refractivity contribution is -0.305. The van der Waals surface area contributed by atoms with E-state index in [4.69, 9.17) is 18.9 Å². The minimum absolute atomic E-state index is 0.106. The summed E-state index contributed by atoms with van der Waals surface area (Å²) in [6.45, 7) is 4.57. The van der Waals surface area contributed by atoms with Crippen LogP contribution in [0.2, 0.25) is 0 Å². The van der Waals surface area contributed by atoms with Crippen LogP contribution in [-0.2, 0) is 23.7 Å². The van der Waals surface area contributed by atoms with E-state index >= 15 is 0 Å². The van der Waals surface area contributed by atoms with Crippen LogP contribution >= 0.6 is 0 Å². The molecular weight excluding hydrogens is 696 g/mol. The maximum atomic E-state index is 12.7. The Morgan fingerprint density at radius 2 is 0.891 bits per heavy atom. The van der Waals surface area contributed by atoms with E-state index in [-0.39, 0.29) is 19.2 Å². The van der Waals surface area contributed by atoms with Gasteiger partial charge in [-0.15, -0.1) is 0 Å². The summed E-state index contributed by atoms with van der Waals surface area (Å²) in [4.78, 5) is 12.7. The van der Waals surface area contributed by atoms with E-state index in [9.17, 15) is 25.2 Å². The number of hydrogen-bond acceptors (Lipinski definition) is 9. The van der Waals surface area contributed by atoms with Crippen molar-refractivity contribution < 1.29 is 44.2 Å². The molecule has 1 aliphatic rings. The molecule has 1 fully saturated rings. The molecule has 9 nitrogen and oxygen atoms in total. The van der Waals surface area contributed by atoms with Crippen molar-refractivity contribution in [3.63, 3.8) is 0 Å². The summed E-state index contributed by atoms with van der Waals surface area (Å²) in [5, 5.41) is 40.0. The molecule has 6 unspecified atom stereocenters. The molecule has 0 aliphatic carbocycles.